The molecule has 3 aromatic rings. The zero-order chi connectivity index (χ0) is 22.9. The van der Waals surface area contributed by atoms with Gasteiger partial charge in [0.1, 0.15) is 6.54 Å². The van der Waals surface area contributed by atoms with Crippen LogP contribution in [0.15, 0.2) is 89.2 Å². The number of nitrogens with one attached hydrogen (secondary N) is 3. The second-order valence-electron chi connectivity index (χ2n) is 8.22. The number of aromatic nitrogens is 3. The molecule has 169 valence electrons. The van der Waals surface area contributed by atoms with Gasteiger partial charge in [0.25, 0.3) is 17.6 Å². The number of rotatable bonds is 7. The maximum Gasteiger partial charge on any atom is 0.285 e. The van der Waals surface area contributed by atoms with Crippen LogP contribution in [0.3, 0.4) is 0 Å². The standard InChI is InChI=1S/C24H22N8OS/c33-24(17-7-9-25-10-8-17)27-18-3-5-19(6-4-18)34-31-14-22-26-11-12-32(22)23(15-31)28-21-13-20(29-30-21)16-1-2-16/h3-13,15-16H,1-2,14H2,(H,27,33)(H2,28,29,30)/q+1. The summed E-state index contributed by atoms with van der Waals surface area (Å²) in [5.74, 6) is 3.09. The number of aliphatic imine (C=N–C) groups is 1. The van der Waals surface area contributed by atoms with Crippen LogP contribution in [0.1, 0.15) is 34.8 Å². The van der Waals surface area contributed by atoms with Crippen molar-refractivity contribution in [2.24, 2.45) is 4.99 Å². The summed E-state index contributed by atoms with van der Waals surface area (Å²) in [5.41, 5.74) is 2.50. The van der Waals surface area contributed by atoms with E-state index in [0.717, 1.165) is 28.1 Å². The predicted molar refractivity (Wildman–Crippen MR) is 132 cm³/mol. The van der Waals surface area contributed by atoms with Gasteiger partial charge in [-0.2, -0.15) is 10.1 Å². The van der Waals surface area contributed by atoms with Crippen molar-refractivity contribution >= 4 is 35.2 Å². The Balaban J connectivity index is 1.14. The summed E-state index contributed by atoms with van der Waals surface area (Å²) in [7, 11) is 0. The Hall–Kier alpha value is -3.89. The largest absolute Gasteiger partial charge is 0.322 e. The maximum atomic E-state index is 12.4. The van der Waals surface area contributed by atoms with Crippen molar-refractivity contribution in [3.05, 3.63) is 90.5 Å². The molecule has 0 saturated heterocycles. The molecule has 1 aliphatic carbocycles. The smallest absolute Gasteiger partial charge is 0.285 e. The Kier molecular flexibility index (Phi) is 5.36. The molecule has 3 aliphatic rings. The number of amides is 1. The number of carbonyl (C=O) groups excluding carboxylic acids is 1. The normalized spacial score (nSPS) is 17.2. The van der Waals surface area contributed by atoms with Gasteiger partial charge in [0, 0.05) is 46.2 Å². The maximum absolute atomic E-state index is 12.4. The van der Waals surface area contributed by atoms with Crippen LogP contribution in [0.25, 0.3) is 0 Å². The van der Waals surface area contributed by atoms with Gasteiger partial charge in [0.15, 0.2) is 12.0 Å². The summed E-state index contributed by atoms with van der Waals surface area (Å²) in [6.45, 7) is 0.664. The number of amidine groups is 1. The fourth-order valence-corrected chi connectivity index (χ4v) is 4.64. The fourth-order valence-electron chi connectivity index (χ4n) is 3.78. The van der Waals surface area contributed by atoms with Gasteiger partial charge in [-0.15, -0.1) is 0 Å². The first-order chi connectivity index (χ1) is 16.7. The highest BCUT2D eigenvalue weighted by molar-refractivity contribution is 7.97. The zero-order valence-corrected chi connectivity index (χ0v) is 19.0. The monoisotopic (exact) mass is 470 g/mol. The number of hydrogen-bond donors (Lipinski definition) is 3. The quantitative estimate of drug-likeness (QED) is 0.353. The molecule has 1 radical (unpaired) electrons. The van der Waals surface area contributed by atoms with Gasteiger partial charge in [-0.3, -0.25) is 24.5 Å². The van der Waals surface area contributed by atoms with Crippen LogP contribution in [-0.4, -0.2) is 37.8 Å². The molecule has 0 bridgehead atoms. The molecular formula is C24H22N8OS+. The minimum absolute atomic E-state index is 0.160. The van der Waals surface area contributed by atoms with Gasteiger partial charge >= 0.3 is 0 Å². The van der Waals surface area contributed by atoms with E-state index in [4.69, 9.17) is 0 Å². The molecule has 3 N–H and O–H groups in total. The van der Waals surface area contributed by atoms with Crippen LogP contribution in [0.5, 0.6) is 0 Å². The lowest BCUT2D eigenvalue weighted by Crippen LogP contribution is -2.42. The highest BCUT2D eigenvalue weighted by Crippen LogP contribution is 2.39. The third-order valence-electron chi connectivity index (χ3n) is 5.69. The average molecular weight is 471 g/mol. The van der Waals surface area contributed by atoms with Crippen LogP contribution < -0.4 is 15.5 Å². The minimum atomic E-state index is -0.160. The van der Waals surface area contributed by atoms with Crippen molar-refractivity contribution < 1.29 is 4.79 Å². The molecule has 1 aromatic carbocycles. The van der Waals surface area contributed by atoms with Gasteiger partial charge in [0.2, 0.25) is 0 Å². The number of pyridine rings is 1. The number of carbonyl (C=O) groups is 1. The number of anilines is 2. The van der Waals surface area contributed by atoms with E-state index in [1.165, 1.54) is 18.5 Å². The van der Waals surface area contributed by atoms with Gasteiger partial charge in [-0.05, 0) is 66.1 Å². The van der Waals surface area contributed by atoms with Crippen LogP contribution in [0.4, 0.5) is 11.5 Å². The Morgan fingerprint density at radius 3 is 2.76 bits per heavy atom. The van der Waals surface area contributed by atoms with E-state index in [1.807, 2.05) is 35.4 Å². The first-order valence-electron chi connectivity index (χ1n) is 11.0. The van der Waals surface area contributed by atoms with Crippen LogP contribution in [0, 0.1) is 0 Å². The van der Waals surface area contributed by atoms with Crippen LogP contribution in [-0.2, 0) is 0 Å². The Bertz CT molecular complexity index is 1290. The van der Waals surface area contributed by atoms with Gasteiger partial charge in [-0.25, -0.2) is 0 Å². The molecule has 2 aliphatic heterocycles. The molecule has 2 aromatic heterocycles. The topological polar surface area (TPSA) is 104 Å². The molecule has 10 heteroatoms. The highest BCUT2D eigenvalue weighted by atomic mass is 32.2. The van der Waals surface area contributed by atoms with Crippen molar-refractivity contribution in [3.63, 3.8) is 0 Å². The summed E-state index contributed by atoms with van der Waals surface area (Å²) in [4.78, 5) is 23.9. The van der Waals surface area contributed by atoms with Gasteiger partial charge in [0.05, 0.1) is 12.4 Å². The predicted octanol–water partition coefficient (Wildman–Crippen LogP) is 4.19. The second kappa shape index (κ2) is 8.81. The van der Waals surface area contributed by atoms with E-state index < -0.39 is 0 Å². The lowest BCUT2D eigenvalue weighted by molar-refractivity contribution is 0.102. The third-order valence-corrected chi connectivity index (χ3v) is 6.64. The van der Waals surface area contributed by atoms with Crippen molar-refractivity contribution in [1.29, 1.82) is 0 Å². The summed E-state index contributed by atoms with van der Waals surface area (Å²) in [6, 6.07) is 13.2. The molecule has 1 fully saturated rings. The van der Waals surface area contributed by atoms with Crippen molar-refractivity contribution in [2.75, 3.05) is 17.2 Å². The van der Waals surface area contributed by atoms with Crippen LogP contribution in [0.2, 0.25) is 0 Å². The number of benzene rings is 1. The van der Waals surface area contributed by atoms with Crippen molar-refractivity contribution in [1.82, 2.24) is 24.4 Å². The number of hydrogen-bond acceptors (Lipinski definition) is 8. The van der Waals surface area contributed by atoms with Crippen molar-refractivity contribution in [2.45, 2.75) is 23.7 Å². The number of fused-ring (bicyclic) bond motifs is 1. The first kappa shape index (κ1) is 20.7. The molecule has 1 amide bonds. The molecule has 1 saturated carbocycles. The zero-order valence-electron chi connectivity index (χ0n) is 18.2. The number of aromatic amines is 1. The lowest BCUT2D eigenvalue weighted by Gasteiger charge is -2.24. The number of H-pyrrole nitrogens is 1. The van der Waals surface area contributed by atoms with Crippen LogP contribution >= 0.6 is 11.9 Å². The van der Waals surface area contributed by atoms with Gasteiger partial charge in [-0.1, -0.05) is 0 Å². The van der Waals surface area contributed by atoms with Gasteiger partial charge < -0.3 is 5.32 Å². The van der Waals surface area contributed by atoms with E-state index in [-0.39, 0.29) is 5.91 Å². The van der Waals surface area contributed by atoms with E-state index in [1.54, 1.807) is 42.7 Å². The minimum Gasteiger partial charge on any atom is -0.322 e. The molecule has 4 heterocycles. The SMILES string of the molecule is O=C(Nc1ccc(SN2C=C(Nc3cc(C4CC4)[nH]n3)[N+]3C=CN=C3C2)cc1)c1ccncc1. The molecule has 0 atom stereocenters. The molecule has 0 unspecified atom stereocenters. The van der Waals surface area contributed by atoms with E-state index in [0.29, 0.717) is 18.0 Å². The highest BCUT2D eigenvalue weighted by Gasteiger charge is 2.37. The van der Waals surface area contributed by atoms with Crippen molar-refractivity contribution in [3.8, 4) is 0 Å². The molecule has 9 nitrogen and oxygen atoms in total. The molecular weight excluding hydrogens is 448 g/mol. The Morgan fingerprint density at radius 2 is 1.97 bits per heavy atom. The first-order valence-corrected chi connectivity index (χ1v) is 11.8. The Morgan fingerprint density at radius 1 is 1.15 bits per heavy atom. The fraction of sp³-hybridized carbons (Fsp3) is 0.167. The molecule has 34 heavy (non-hydrogen) atoms. The third kappa shape index (κ3) is 4.45. The second-order valence-corrected chi connectivity index (χ2v) is 9.34. The Labute approximate surface area is 200 Å². The summed E-state index contributed by atoms with van der Waals surface area (Å²) in [5, 5.41) is 13.9. The summed E-state index contributed by atoms with van der Waals surface area (Å²) in [6.07, 6.45) is 11.5. The summed E-state index contributed by atoms with van der Waals surface area (Å²) >= 11 is 1.60. The van der Waals surface area contributed by atoms with E-state index in [9.17, 15) is 4.79 Å². The van der Waals surface area contributed by atoms with E-state index >= 15 is 0 Å². The molecule has 0 spiro atoms. The lowest BCUT2D eigenvalue weighted by atomic mass is 10.2. The summed E-state index contributed by atoms with van der Waals surface area (Å²) < 4.78 is 2.13. The number of nitrogens with zero attached hydrogens (tertiary/aromatic N) is 5. The van der Waals surface area contributed by atoms with E-state index in [2.05, 4.69) is 47.4 Å². The molecule has 6 rings (SSSR count). The average Bonchev–Trinajstić information content (AvgIpc) is 3.41.